The van der Waals surface area contributed by atoms with Crippen molar-refractivity contribution in [1.29, 1.82) is 0 Å². The Morgan fingerprint density at radius 2 is 1.97 bits per heavy atom. The van der Waals surface area contributed by atoms with Gasteiger partial charge < -0.3 is 20.5 Å². The number of hydrogen-bond donors (Lipinski definition) is 2. The van der Waals surface area contributed by atoms with Gasteiger partial charge >= 0.3 is 0 Å². The largest absolute Gasteiger partial charge is 0.550 e. The van der Waals surface area contributed by atoms with E-state index in [9.17, 15) is 24.3 Å². The highest BCUT2D eigenvalue weighted by Crippen LogP contribution is 2.50. The molecule has 3 heterocycles. The highest BCUT2D eigenvalue weighted by atomic mass is 16.4. The quantitative estimate of drug-likeness (QED) is 0.620. The van der Waals surface area contributed by atoms with Crippen molar-refractivity contribution in [2.45, 2.75) is 64.6 Å². The Hall–Kier alpha value is -2.74. The SMILES string of the molecule is CC[C@@H](C)N1C(=O)[C@H]2[C@@H](C1=O)[C@@]1([NH2+][C@@H]2CCC(=O)[O-])C(=O)Nc2c1ccc(C)c2C. The maximum atomic E-state index is 13.5. The van der Waals surface area contributed by atoms with E-state index in [0.717, 1.165) is 11.1 Å². The summed E-state index contributed by atoms with van der Waals surface area (Å²) in [6.07, 6.45) is 0.539. The van der Waals surface area contributed by atoms with Crippen LogP contribution in [0.15, 0.2) is 12.1 Å². The summed E-state index contributed by atoms with van der Waals surface area (Å²) >= 11 is 0. The zero-order valence-corrected chi connectivity index (χ0v) is 17.7. The van der Waals surface area contributed by atoms with Crippen LogP contribution in [-0.4, -0.2) is 40.7 Å². The van der Waals surface area contributed by atoms with Crippen molar-refractivity contribution in [1.82, 2.24) is 4.90 Å². The van der Waals surface area contributed by atoms with E-state index >= 15 is 0 Å². The van der Waals surface area contributed by atoms with Crippen LogP contribution in [0.5, 0.6) is 0 Å². The zero-order chi connectivity index (χ0) is 22.0. The van der Waals surface area contributed by atoms with Crippen LogP contribution in [-0.2, 0) is 24.7 Å². The molecule has 5 atom stereocenters. The number of benzene rings is 1. The maximum Gasteiger partial charge on any atom is 0.291 e. The lowest BCUT2D eigenvalue weighted by atomic mass is 9.76. The van der Waals surface area contributed by atoms with E-state index in [1.54, 1.807) is 5.32 Å². The molecule has 0 saturated carbocycles. The summed E-state index contributed by atoms with van der Waals surface area (Å²) in [4.78, 5) is 52.6. The van der Waals surface area contributed by atoms with Gasteiger partial charge in [0.15, 0.2) is 0 Å². The number of nitrogens with one attached hydrogen (secondary N) is 1. The fourth-order valence-corrected chi connectivity index (χ4v) is 5.47. The summed E-state index contributed by atoms with van der Waals surface area (Å²) in [5, 5.41) is 15.8. The number of aryl methyl sites for hydroxylation is 1. The molecule has 3 aliphatic rings. The van der Waals surface area contributed by atoms with Crippen LogP contribution in [0.3, 0.4) is 0 Å². The summed E-state index contributed by atoms with van der Waals surface area (Å²) in [5.41, 5.74) is 2.08. The Bertz CT molecular complexity index is 974. The van der Waals surface area contributed by atoms with Gasteiger partial charge in [-0.1, -0.05) is 13.0 Å². The van der Waals surface area contributed by atoms with E-state index in [2.05, 4.69) is 5.32 Å². The van der Waals surface area contributed by atoms with Gasteiger partial charge in [-0.25, -0.2) is 0 Å². The number of carbonyl (C=O) groups is 4. The first-order chi connectivity index (χ1) is 14.1. The third kappa shape index (κ3) is 2.56. The minimum atomic E-state index is -1.26. The van der Waals surface area contributed by atoms with Crippen LogP contribution in [0.4, 0.5) is 5.69 Å². The Kier molecular flexibility index (Phi) is 4.73. The highest BCUT2D eigenvalue weighted by molar-refractivity contribution is 6.14. The van der Waals surface area contributed by atoms with E-state index in [4.69, 9.17) is 0 Å². The Balaban J connectivity index is 1.87. The second-order valence-corrected chi connectivity index (χ2v) is 8.80. The van der Waals surface area contributed by atoms with Gasteiger partial charge in [-0.3, -0.25) is 19.3 Å². The van der Waals surface area contributed by atoms with Gasteiger partial charge in [-0.15, -0.1) is 0 Å². The fourth-order valence-electron chi connectivity index (χ4n) is 5.47. The van der Waals surface area contributed by atoms with Crippen molar-refractivity contribution in [3.63, 3.8) is 0 Å². The van der Waals surface area contributed by atoms with Crippen LogP contribution in [0.1, 0.15) is 49.8 Å². The van der Waals surface area contributed by atoms with Crippen molar-refractivity contribution in [2.75, 3.05) is 5.32 Å². The number of amides is 3. The molecule has 2 fully saturated rings. The molecule has 1 aromatic carbocycles. The number of quaternary nitrogens is 1. The molecule has 4 rings (SSSR count). The van der Waals surface area contributed by atoms with Gasteiger partial charge in [0.25, 0.3) is 5.91 Å². The summed E-state index contributed by atoms with van der Waals surface area (Å²) in [5.74, 6) is -3.75. The van der Waals surface area contributed by atoms with Crippen molar-refractivity contribution in [2.24, 2.45) is 11.8 Å². The lowest BCUT2D eigenvalue weighted by molar-refractivity contribution is -0.734. The maximum absolute atomic E-state index is 13.5. The fraction of sp³-hybridized carbons (Fsp3) is 0.545. The monoisotopic (exact) mass is 413 g/mol. The summed E-state index contributed by atoms with van der Waals surface area (Å²) < 4.78 is 0. The van der Waals surface area contributed by atoms with Crippen molar-refractivity contribution in [3.05, 3.63) is 28.8 Å². The van der Waals surface area contributed by atoms with Crippen LogP contribution in [0, 0.1) is 25.7 Å². The summed E-state index contributed by atoms with van der Waals surface area (Å²) in [7, 11) is 0. The molecule has 0 unspecified atom stereocenters. The highest BCUT2D eigenvalue weighted by Gasteiger charge is 2.74. The Morgan fingerprint density at radius 1 is 1.27 bits per heavy atom. The lowest BCUT2D eigenvalue weighted by Crippen LogP contribution is -2.99. The number of nitrogens with zero attached hydrogens (tertiary/aromatic N) is 1. The second kappa shape index (κ2) is 6.91. The average Bonchev–Trinajstić information content (AvgIpc) is 3.28. The second-order valence-electron chi connectivity index (χ2n) is 8.80. The number of nitrogens with two attached hydrogens (primary N) is 1. The number of rotatable bonds is 5. The summed E-state index contributed by atoms with van der Waals surface area (Å²) in [6, 6.07) is 3.00. The smallest absolute Gasteiger partial charge is 0.291 e. The molecule has 0 aliphatic carbocycles. The third-order valence-corrected chi connectivity index (χ3v) is 7.32. The Morgan fingerprint density at radius 3 is 2.60 bits per heavy atom. The van der Waals surface area contributed by atoms with Crippen LogP contribution in [0.25, 0.3) is 0 Å². The standard InChI is InChI=1S/C22H27N3O5/c1-5-11(3)25-19(28)16-14(8-9-15(26)27)24-22(17(16)20(25)29)13-7-6-10(2)12(4)18(13)23-21(22)30/h6-7,11,14,16-17,24H,5,8-9H2,1-4H3,(H,23,30)(H,26,27)/t11-,14-,16-,17+,22-/m1/s1. The number of carboxylic acid groups (broad SMARTS) is 1. The number of hydrogen-bond acceptors (Lipinski definition) is 5. The molecular formula is C22H27N3O5. The van der Waals surface area contributed by atoms with E-state index in [0.29, 0.717) is 17.7 Å². The van der Waals surface area contributed by atoms with Crippen LogP contribution < -0.4 is 15.7 Å². The van der Waals surface area contributed by atoms with Gasteiger partial charge in [0.2, 0.25) is 17.4 Å². The van der Waals surface area contributed by atoms with E-state index in [1.165, 1.54) is 4.90 Å². The molecule has 1 aromatic rings. The lowest BCUT2D eigenvalue weighted by Gasteiger charge is -2.28. The number of carboxylic acids is 1. The number of carbonyl (C=O) groups excluding carboxylic acids is 4. The molecule has 3 amide bonds. The molecule has 0 radical (unpaired) electrons. The van der Waals surface area contributed by atoms with Gasteiger partial charge in [-0.05, 0) is 50.8 Å². The topological polar surface area (TPSA) is 123 Å². The molecule has 8 heteroatoms. The van der Waals surface area contributed by atoms with Crippen molar-refractivity contribution in [3.8, 4) is 0 Å². The number of imide groups is 1. The van der Waals surface area contributed by atoms with E-state index < -0.39 is 29.4 Å². The number of aliphatic carboxylic acids is 1. The third-order valence-electron chi connectivity index (χ3n) is 7.32. The molecule has 160 valence electrons. The molecule has 3 aliphatic heterocycles. The molecule has 1 spiro atoms. The van der Waals surface area contributed by atoms with E-state index in [-0.39, 0.29) is 36.6 Å². The van der Waals surface area contributed by atoms with Gasteiger partial charge in [0.05, 0.1) is 5.69 Å². The number of fused-ring (bicyclic) bond motifs is 4. The normalized spacial score (nSPS) is 30.6. The van der Waals surface area contributed by atoms with Crippen molar-refractivity contribution < 1.29 is 29.6 Å². The molecular weight excluding hydrogens is 386 g/mol. The first-order valence-electron chi connectivity index (χ1n) is 10.5. The van der Waals surface area contributed by atoms with Crippen molar-refractivity contribution >= 4 is 29.4 Å². The minimum Gasteiger partial charge on any atom is -0.550 e. The van der Waals surface area contributed by atoms with Crippen LogP contribution >= 0.6 is 0 Å². The first-order valence-corrected chi connectivity index (χ1v) is 10.5. The predicted octanol–water partition coefficient (Wildman–Crippen LogP) is -0.674. The molecule has 2 saturated heterocycles. The van der Waals surface area contributed by atoms with Gasteiger partial charge in [0.1, 0.15) is 17.9 Å². The van der Waals surface area contributed by atoms with Crippen LogP contribution in [0.2, 0.25) is 0 Å². The number of likely N-dealkylation sites (tertiary alicyclic amines) is 1. The van der Waals surface area contributed by atoms with Gasteiger partial charge in [-0.2, -0.15) is 0 Å². The molecule has 30 heavy (non-hydrogen) atoms. The molecule has 8 nitrogen and oxygen atoms in total. The predicted molar refractivity (Wildman–Crippen MR) is 105 cm³/mol. The van der Waals surface area contributed by atoms with Gasteiger partial charge in [0, 0.05) is 24.0 Å². The molecule has 3 N–H and O–H groups in total. The average molecular weight is 413 g/mol. The first kappa shape index (κ1) is 20.5. The number of anilines is 1. The Labute approximate surface area is 175 Å². The molecule has 0 aromatic heterocycles. The molecule has 0 bridgehead atoms. The zero-order valence-electron chi connectivity index (χ0n) is 17.7. The minimum absolute atomic E-state index is 0.159. The summed E-state index contributed by atoms with van der Waals surface area (Å²) in [6.45, 7) is 7.59. The van der Waals surface area contributed by atoms with E-state index in [1.807, 2.05) is 39.8 Å².